The number of unbranched alkanes of at least 4 members (excludes halogenated alkanes) is 30. The van der Waals surface area contributed by atoms with Crippen molar-refractivity contribution >= 4 is 17.9 Å². The average molecular weight is 1040 g/mol. The van der Waals surface area contributed by atoms with Gasteiger partial charge >= 0.3 is 17.9 Å². The van der Waals surface area contributed by atoms with Gasteiger partial charge in [-0.1, -0.05) is 285 Å². The van der Waals surface area contributed by atoms with Crippen LogP contribution in [0.2, 0.25) is 0 Å². The van der Waals surface area contributed by atoms with Crippen molar-refractivity contribution in [3.05, 3.63) is 97.2 Å². The summed E-state index contributed by atoms with van der Waals surface area (Å²) in [4.78, 5) is 38.2. The normalized spacial score (nSPS) is 12.7. The van der Waals surface area contributed by atoms with Crippen LogP contribution >= 0.6 is 0 Å². The van der Waals surface area contributed by atoms with Crippen LogP contribution in [-0.2, 0) is 28.6 Å². The van der Waals surface area contributed by atoms with Crippen LogP contribution in [-0.4, -0.2) is 37.2 Å². The molecule has 0 fully saturated rings. The van der Waals surface area contributed by atoms with Gasteiger partial charge in [-0.05, 0) is 96.3 Å². The summed E-state index contributed by atoms with van der Waals surface area (Å²) in [6.07, 6.45) is 84.1. The van der Waals surface area contributed by atoms with Crippen molar-refractivity contribution in [3.63, 3.8) is 0 Å². The van der Waals surface area contributed by atoms with Crippen LogP contribution in [0.1, 0.15) is 303 Å². The highest BCUT2D eigenvalue weighted by atomic mass is 16.6. The van der Waals surface area contributed by atoms with E-state index in [9.17, 15) is 14.4 Å². The van der Waals surface area contributed by atoms with E-state index in [-0.39, 0.29) is 31.1 Å². The molecular weight excluding hydrogens is 925 g/mol. The van der Waals surface area contributed by atoms with Crippen LogP contribution in [0.3, 0.4) is 0 Å². The van der Waals surface area contributed by atoms with E-state index in [1.165, 1.54) is 141 Å². The van der Waals surface area contributed by atoms with Gasteiger partial charge in [-0.25, -0.2) is 0 Å². The molecule has 0 aliphatic heterocycles. The van der Waals surface area contributed by atoms with E-state index in [2.05, 4.69) is 118 Å². The summed E-state index contributed by atoms with van der Waals surface area (Å²) in [5.41, 5.74) is 0. The molecule has 0 saturated carbocycles. The minimum absolute atomic E-state index is 0.0814. The molecular formula is C69H118O6. The maximum atomic E-state index is 12.9. The first kappa shape index (κ1) is 71.3. The number of ether oxygens (including phenoxy) is 3. The van der Waals surface area contributed by atoms with Gasteiger partial charge < -0.3 is 14.2 Å². The van der Waals surface area contributed by atoms with Crippen LogP contribution in [0.5, 0.6) is 0 Å². The molecule has 0 aliphatic rings. The topological polar surface area (TPSA) is 78.9 Å². The number of carbonyl (C=O) groups excluding carboxylic acids is 3. The molecule has 430 valence electrons. The predicted octanol–water partition coefficient (Wildman–Crippen LogP) is 21.7. The summed E-state index contributed by atoms with van der Waals surface area (Å²) < 4.78 is 16.9. The van der Waals surface area contributed by atoms with Crippen LogP contribution in [0.4, 0.5) is 0 Å². The second-order valence-electron chi connectivity index (χ2n) is 20.9. The monoisotopic (exact) mass is 1040 g/mol. The van der Waals surface area contributed by atoms with Crippen LogP contribution < -0.4 is 0 Å². The molecule has 0 spiro atoms. The molecule has 0 radical (unpaired) electrons. The molecule has 0 aromatic heterocycles. The Labute approximate surface area is 464 Å². The molecule has 0 heterocycles. The van der Waals surface area contributed by atoms with Crippen LogP contribution in [0.15, 0.2) is 97.2 Å². The standard InChI is InChI=1S/C69H118O6/c1-4-7-10-13-16-19-22-25-28-29-30-31-32-33-34-35-36-37-38-39-40-41-42-45-47-50-53-56-59-62-68(71)74-65-66(75-69(72)63-60-57-54-51-48-44-27-24-21-18-15-12-9-6-3)64-73-67(70)61-58-55-52-49-46-43-26-23-20-17-14-11-8-5-2/h7,10,15-16,18-19,24-25,27-28,30-31,33-34,36-37,66H,4-6,8-9,11-14,17,20-23,26,29,32,35,38-65H2,1-3H3/b10-7-,18-15-,19-16-,27-24-,28-25-,31-30-,34-33-,37-36-. The van der Waals surface area contributed by atoms with Gasteiger partial charge in [0.05, 0.1) is 0 Å². The van der Waals surface area contributed by atoms with Crippen molar-refractivity contribution in [2.75, 3.05) is 13.2 Å². The average Bonchev–Trinajstić information content (AvgIpc) is 3.41. The Morgan fingerprint density at radius 2 is 0.533 bits per heavy atom. The van der Waals surface area contributed by atoms with Crippen molar-refractivity contribution in [3.8, 4) is 0 Å². The van der Waals surface area contributed by atoms with E-state index in [4.69, 9.17) is 14.2 Å². The summed E-state index contributed by atoms with van der Waals surface area (Å²) >= 11 is 0. The van der Waals surface area contributed by atoms with E-state index < -0.39 is 6.10 Å². The molecule has 75 heavy (non-hydrogen) atoms. The summed E-state index contributed by atoms with van der Waals surface area (Å²) in [7, 11) is 0. The molecule has 1 atom stereocenters. The fourth-order valence-corrected chi connectivity index (χ4v) is 8.82. The Morgan fingerprint density at radius 3 is 0.853 bits per heavy atom. The molecule has 0 aromatic rings. The predicted molar refractivity (Wildman–Crippen MR) is 325 cm³/mol. The van der Waals surface area contributed by atoms with E-state index in [1.807, 2.05) is 0 Å². The molecule has 6 nitrogen and oxygen atoms in total. The SMILES string of the molecule is CC/C=C\C/C=C\C/C=C\C/C=C\C/C=C\C/C=C\CCCCCCCCCCCCC(=O)OCC(COC(=O)CCCCCCCCCCCCCCCC)OC(=O)CCCCCCC/C=C\C/C=C\CCCC. The molecule has 0 amide bonds. The lowest BCUT2D eigenvalue weighted by atomic mass is 10.0. The first-order valence-corrected chi connectivity index (χ1v) is 31.7. The Balaban J connectivity index is 4.27. The molecule has 0 aliphatic carbocycles. The quantitative estimate of drug-likeness (QED) is 0.0261. The highest BCUT2D eigenvalue weighted by molar-refractivity contribution is 5.71. The van der Waals surface area contributed by atoms with E-state index in [0.717, 1.165) is 122 Å². The van der Waals surface area contributed by atoms with Crippen molar-refractivity contribution in [2.45, 2.75) is 309 Å². The van der Waals surface area contributed by atoms with Gasteiger partial charge in [0.1, 0.15) is 13.2 Å². The van der Waals surface area contributed by atoms with Gasteiger partial charge in [-0.2, -0.15) is 0 Å². The smallest absolute Gasteiger partial charge is 0.306 e. The van der Waals surface area contributed by atoms with Crippen molar-refractivity contribution in [1.82, 2.24) is 0 Å². The minimum atomic E-state index is -0.785. The van der Waals surface area contributed by atoms with Crippen LogP contribution in [0.25, 0.3) is 0 Å². The first-order valence-electron chi connectivity index (χ1n) is 31.7. The lowest BCUT2D eigenvalue weighted by Gasteiger charge is -2.18. The fraction of sp³-hybridized carbons (Fsp3) is 0.725. The fourth-order valence-electron chi connectivity index (χ4n) is 8.82. The Kier molecular flexibility index (Phi) is 59.8. The highest BCUT2D eigenvalue weighted by Crippen LogP contribution is 2.16. The lowest BCUT2D eigenvalue weighted by Crippen LogP contribution is -2.30. The van der Waals surface area contributed by atoms with Crippen molar-refractivity contribution < 1.29 is 28.6 Å². The minimum Gasteiger partial charge on any atom is -0.462 e. The van der Waals surface area contributed by atoms with Gasteiger partial charge in [0.15, 0.2) is 6.10 Å². The number of hydrogen-bond acceptors (Lipinski definition) is 6. The zero-order valence-electron chi connectivity index (χ0n) is 49.3. The molecule has 0 aromatic carbocycles. The maximum absolute atomic E-state index is 12.9. The zero-order valence-corrected chi connectivity index (χ0v) is 49.3. The van der Waals surface area contributed by atoms with Crippen molar-refractivity contribution in [2.24, 2.45) is 0 Å². The number of rotatable bonds is 57. The molecule has 6 heteroatoms. The molecule has 0 bridgehead atoms. The summed E-state index contributed by atoms with van der Waals surface area (Å²) in [5.74, 6) is -0.890. The largest absolute Gasteiger partial charge is 0.462 e. The number of esters is 3. The molecule has 0 N–H and O–H groups in total. The third-order valence-electron chi connectivity index (χ3n) is 13.6. The Hall–Kier alpha value is -3.67. The summed E-state index contributed by atoms with van der Waals surface area (Å²) in [5, 5.41) is 0. The van der Waals surface area contributed by atoms with Gasteiger partial charge in [-0.3, -0.25) is 14.4 Å². The van der Waals surface area contributed by atoms with Gasteiger partial charge in [0, 0.05) is 19.3 Å². The van der Waals surface area contributed by atoms with Gasteiger partial charge in [0.2, 0.25) is 0 Å². The van der Waals surface area contributed by atoms with Crippen LogP contribution in [0, 0.1) is 0 Å². The van der Waals surface area contributed by atoms with Gasteiger partial charge in [0.25, 0.3) is 0 Å². The van der Waals surface area contributed by atoms with E-state index >= 15 is 0 Å². The maximum Gasteiger partial charge on any atom is 0.306 e. The molecule has 0 saturated heterocycles. The van der Waals surface area contributed by atoms with E-state index in [0.29, 0.717) is 19.3 Å². The third kappa shape index (κ3) is 61.1. The second-order valence-corrected chi connectivity index (χ2v) is 20.9. The highest BCUT2D eigenvalue weighted by Gasteiger charge is 2.19. The van der Waals surface area contributed by atoms with E-state index in [1.54, 1.807) is 0 Å². The number of allylic oxidation sites excluding steroid dienone is 16. The third-order valence-corrected chi connectivity index (χ3v) is 13.6. The van der Waals surface area contributed by atoms with Gasteiger partial charge in [-0.15, -0.1) is 0 Å². The second kappa shape index (κ2) is 62.9. The lowest BCUT2D eigenvalue weighted by molar-refractivity contribution is -0.167. The number of hydrogen-bond donors (Lipinski definition) is 0. The molecule has 0 rings (SSSR count). The summed E-state index contributed by atoms with van der Waals surface area (Å²) in [6.45, 7) is 6.49. The molecule has 1 unspecified atom stereocenters. The zero-order chi connectivity index (χ0) is 54.3. The Morgan fingerprint density at radius 1 is 0.280 bits per heavy atom. The first-order chi connectivity index (χ1) is 37.0. The number of carbonyl (C=O) groups is 3. The Bertz CT molecular complexity index is 1480. The van der Waals surface area contributed by atoms with Crippen molar-refractivity contribution in [1.29, 1.82) is 0 Å². The summed E-state index contributed by atoms with van der Waals surface area (Å²) in [6, 6.07) is 0.